The van der Waals surface area contributed by atoms with E-state index in [-0.39, 0.29) is 18.5 Å². The van der Waals surface area contributed by atoms with Gasteiger partial charge < -0.3 is 9.88 Å². The minimum Gasteiger partial charge on any atom is -0.348 e. The fourth-order valence-corrected chi connectivity index (χ4v) is 3.02. The lowest BCUT2D eigenvalue weighted by atomic mass is 10.1. The second-order valence-electron chi connectivity index (χ2n) is 6.22. The van der Waals surface area contributed by atoms with Crippen LogP contribution in [0.4, 0.5) is 0 Å². The van der Waals surface area contributed by atoms with Gasteiger partial charge in [0.25, 0.3) is 0 Å². The lowest BCUT2D eigenvalue weighted by Crippen LogP contribution is -2.30. The van der Waals surface area contributed by atoms with Crippen molar-refractivity contribution in [2.75, 3.05) is 0 Å². The smallest absolute Gasteiger partial charge is 0.242 e. The summed E-state index contributed by atoms with van der Waals surface area (Å²) in [6.07, 6.45) is 7.17. The highest BCUT2D eigenvalue weighted by atomic mass is 16.2. The SMILES string of the molecule is C[C@H](NC(=O)Cn1ncc2ccccc21)c1cccc(-n2ccnc2)c1. The van der Waals surface area contributed by atoms with Crippen molar-refractivity contribution in [3.05, 3.63) is 79.0 Å². The van der Waals surface area contributed by atoms with E-state index in [1.807, 2.05) is 60.2 Å². The first kappa shape index (κ1) is 16.1. The molecule has 1 N–H and O–H groups in total. The van der Waals surface area contributed by atoms with Crippen molar-refractivity contribution in [3.8, 4) is 5.69 Å². The van der Waals surface area contributed by atoms with Crippen LogP contribution in [0.25, 0.3) is 16.6 Å². The summed E-state index contributed by atoms with van der Waals surface area (Å²) in [4.78, 5) is 16.5. The van der Waals surface area contributed by atoms with Crippen LogP contribution in [-0.4, -0.2) is 25.2 Å². The second-order valence-corrected chi connectivity index (χ2v) is 6.22. The van der Waals surface area contributed by atoms with Crippen molar-refractivity contribution in [1.29, 1.82) is 0 Å². The van der Waals surface area contributed by atoms with Crippen LogP contribution in [0.1, 0.15) is 18.5 Å². The zero-order valence-corrected chi connectivity index (χ0v) is 14.4. The molecule has 0 spiro atoms. The second kappa shape index (κ2) is 6.84. The minimum absolute atomic E-state index is 0.0700. The van der Waals surface area contributed by atoms with Crippen molar-refractivity contribution in [2.45, 2.75) is 19.5 Å². The molecule has 6 nitrogen and oxygen atoms in total. The first-order valence-electron chi connectivity index (χ1n) is 8.49. The van der Waals surface area contributed by atoms with E-state index in [9.17, 15) is 4.79 Å². The molecule has 0 saturated heterocycles. The number of imidazole rings is 1. The number of rotatable bonds is 5. The van der Waals surface area contributed by atoms with E-state index in [4.69, 9.17) is 0 Å². The Hall–Kier alpha value is -3.41. The average Bonchev–Trinajstić information content (AvgIpc) is 3.32. The molecule has 0 aliphatic carbocycles. The quantitative estimate of drug-likeness (QED) is 0.604. The van der Waals surface area contributed by atoms with E-state index in [0.717, 1.165) is 22.2 Å². The first-order valence-corrected chi connectivity index (χ1v) is 8.49. The maximum Gasteiger partial charge on any atom is 0.242 e. The number of carbonyl (C=O) groups excluding carboxylic acids is 1. The average molecular weight is 345 g/mol. The topological polar surface area (TPSA) is 64.7 Å². The number of fused-ring (bicyclic) bond motifs is 1. The fraction of sp³-hybridized carbons (Fsp3) is 0.150. The van der Waals surface area contributed by atoms with Gasteiger partial charge in [-0.2, -0.15) is 5.10 Å². The largest absolute Gasteiger partial charge is 0.348 e. The van der Waals surface area contributed by atoms with Gasteiger partial charge >= 0.3 is 0 Å². The van der Waals surface area contributed by atoms with Crippen LogP contribution in [-0.2, 0) is 11.3 Å². The van der Waals surface area contributed by atoms with E-state index in [1.165, 1.54) is 0 Å². The molecule has 2 aromatic heterocycles. The molecule has 0 radical (unpaired) electrons. The molecule has 0 aliphatic heterocycles. The number of benzene rings is 2. The summed E-state index contributed by atoms with van der Waals surface area (Å²) in [6.45, 7) is 2.17. The standard InChI is InChI=1S/C20H19N5O/c1-15(16-6-4-7-18(11-16)24-10-9-21-14-24)23-20(26)13-25-19-8-3-2-5-17(19)12-22-25/h2-12,14-15H,13H2,1H3,(H,23,26)/t15-/m0/s1. The van der Waals surface area contributed by atoms with Gasteiger partial charge in [0.05, 0.1) is 24.1 Å². The Labute approximate surface area is 151 Å². The third-order valence-electron chi connectivity index (χ3n) is 4.39. The van der Waals surface area contributed by atoms with Gasteiger partial charge in [-0.25, -0.2) is 4.98 Å². The molecule has 6 heteroatoms. The molecule has 2 heterocycles. The number of para-hydroxylation sites is 1. The highest BCUT2D eigenvalue weighted by molar-refractivity contribution is 5.82. The molecule has 0 bridgehead atoms. The molecule has 2 aromatic carbocycles. The van der Waals surface area contributed by atoms with E-state index in [2.05, 4.69) is 21.5 Å². The molecule has 1 amide bonds. The predicted octanol–water partition coefficient (Wildman–Crippen LogP) is 3.10. The van der Waals surface area contributed by atoms with Crippen LogP contribution in [0.3, 0.4) is 0 Å². The molecule has 0 fully saturated rings. The maximum absolute atomic E-state index is 12.5. The van der Waals surface area contributed by atoms with Crippen molar-refractivity contribution >= 4 is 16.8 Å². The summed E-state index contributed by atoms with van der Waals surface area (Å²) in [5.41, 5.74) is 3.01. The van der Waals surface area contributed by atoms with Crippen LogP contribution < -0.4 is 5.32 Å². The van der Waals surface area contributed by atoms with Gasteiger partial charge in [-0.05, 0) is 30.7 Å². The normalized spacial score (nSPS) is 12.2. The highest BCUT2D eigenvalue weighted by Crippen LogP contribution is 2.17. The number of aromatic nitrogens is 4. The Morgan fingerprint density at radius 3 is 2.92 bits per heavy atom. The zero-order valence-electron chi connectivity index (χ0n) is 14.4. The molecular formula is C20H19N5O. The molecule has 1 atom stereocenters. The van der Waals surface area contributed by atoms with Gasteiger partial charge in [0.1, 0.15) is 6.54 Å². The number of hydrogen-bond acceptors (Lipinski definition) is 3. The number of nitrogens with one attached hydrogen (secondary N) is 1. The third kappa shape index (κ3) is 3.21. The number of hydrogen-bond donors (Lipinski definition) is 1. The molecule has 0 saturated carbocycles. The molecule has 4 rings (SSSR count). The summed E-state index contributed by atoms with van der Waals surface area (Å²) < 4.78 is 3.66. The van der Waals surface area contributed by atoms with Crippen LogP contribution in [0.15, 0.2) is 73.4 Å². The predicted molar refractivity (Wildman–Crippen MR) is 99.9 cm³/mol. The number of carbonyl (C=O) groups is 1. The minimum atomic E-state index is -0.104. The highest BCUT2D eigenvalue weighted by Gasteiger charge is 2.12. The Morgan fingerprint density at radius 2 is 2.08 bits per heavy atom. The third-order valence-corrected chi connectivity index (χ3v) is 4.39. The van der Waals surface area contributed by atoms with Crippen molar-refractivity contribution < 1.29 is 4.79 Å². The lowest BCUT2D eigenvalue weighted by Gasteiger charge is -2.16. The maximum atomic E-state index is 12.5. The lowest BCUT2D eigenvalue weighted by molar-refractivity contribution is -0.122. The summed E-state index contributed by atoms with van der Waals surface area (Å²) in [5.74, 6) is -0.0700. The molecule has 0 aliphatic rings. The Morgan fingerprint density at radius 1 is 1.19 bits per heavy atom. The van der Waals surface area contributed by atoms with E-state index < -0.39 is 0 Å². The Kier molecular flexibility index (Phi) is 4.23. The van der Waals surface area contributed by atoms with Crippen LogP contribution >= 0.6 is 0 Å². The van der Waals surface area contributed by atoms with Crippen molar-refractivity contribution in [1.82, 2.24) is 24.6 Å². The fourth-order valence-electron chi connectivity index (χ4n) is 3.02. The number of amides is 1. The van der Waals surface area contributed by atoms with E-state index in [0.29, 0.717) is 0 Å². The number of nitrogens with zero attached hydrogens (tertiary/aromatic N) is 4. The zero-order chi connectivity index (χ0) is 17.9. The van der Waals surface area contributed by atoms with Gasteiger partial charge in [-0.3, -0.25) is 9.48 Å². The van der Waals surface area contributed by atoms with Crippen LogP contribution in [0, 0.1) is 0 Å². The van der Waals surface area contributed by atoms with E-state index >= 15 is 0 Å². The summed E-state index contributed by atoms with van der Waals surface area (Å²) >= 11 is 0. The monoisotopic (exact) mass is 345 g/mol. The van der Waals surface area contributed by atoms with Crippen LogP contribution in [0.5, 0.6) is 0 Å². The van der Waals surface area contributed by atoms with Gasteiger partial charge in [0.15, 0.2) is 0 Å². The molecule has 0 unspecified atom stereocenters. The van der Waals surface area contributed by atoms with Crippen molar-refractivity contribution in [2.24, 2.45) is 0 Å². The summed E-state index contributed by atoms with van der Waals surface area (Å²) in [5, 5.41) is 8.38. The Balaban J connectivity index is 1.47. The van der Waals surface area contributed by atoms with E-state index in [1.54, 1.807) is 23.4 Å². The van der Waals surface area contributed by atoms with Gasteiger partial charge in [-0.1, -0.05) is 30.3 Å². The van der Waals surface area contributed by atoms with Gasteiger partial charge in [0.2, 0.25) is 5.91 Å². The Bertz CT molecular complexity index is 1040. The summed E-state index contributed by atoms with van der Waals surface area (Å²) in [6, 6.07) is 15.8. The first-order chi connectivity index (χ1) is 12.7. The van der Waals surface area contributed by atoms with Gasteiger partial charge in [0, 0.05) is 23.5 Å². The molecule has 4 aromatic rings. The van der Waals surface area contributed by atoms with Gasteiger partial charge in [-0.15, -0.1) is 0 Å². The molecular weight excluding hydrogens is 326 g/mol. The summed E-state index contributed by atoms with van der Waals surface area (Å²) in [7, 11) is 0. The van der Waals surface area contributed by atoms with Crippen LogP contribution in [0.2, 0.25) is 0 Å². The molecule has 130 valence electrons. The van der Waals surface area contributed by atoms with Crippen molar-refractivity contribution in [3.63, 3.8) is 0 Å². The molecule has 26 heavy (non-hydrogen) atoms.